The molecule has 2 amide bonds. The summed E-state index contributed by atoms with van der Waals surface area (Å²) in [5.41, 5.74) is -0.231. The Hall–Kier alpha value is -4.16. The summed E-state index contributed by atoms with van der Waals surface area (Å²) in [6.07, 6.45) is -3.95. The quantitative estimate of drug-likeness (QED) is 0.466. The third-order valence-electron chi connectivity index (χ3n) is 6.39. The van der Waals surface area contributed by atoms with Crippen LogP contribution in [-0.2, 0) is 18.0 Å². The molecule has 2 atom stereocenters. The number of nitrogens with zero attached hydrogens (tertiary/aromatic N) is 4. The first-order valence-electron chi connectivity index (χ1n) is 11.4. The van der Waals surface area contributed by atoms with Gasteiger partial charge in [0, 0.05) is 44.2 Å². The van der Waals surface area contributed by atoms with Gasteiger partial charge in [0.2, 0.25) is 5.91 Å². The van der Waals surface area contributed by atoms with Gasteiger partial charge < -0.3 is 20.6 Å². The number of halogens is 3. The molecule has 0 spiro atoms. The van der Waals surface area contributed by atoms with E-state index in [1.54, 1.807) is 20.0 Å². The summed E-state index contributed by atoms with van der Waals surface area (Å²) >= 11 is 0. The predicted octanol–water partition coefficient (Wildman–Crippen LogP) is 3.95. The molecule has 13 heteroatoms. The number of hydrogen-bond donors (Lipinski definition) is 3. The Balaban J connectivity index is 1.73. The molecular weight excluding hydrogens is 493 g/mol. The SMILES string of the molecule is CC(=O)Nc1cc([C@@H](C)Nc2ncnc3c2cc(C2CCN(C(=O)O)C2)c(=O)n3C)cc(C(F)(F)F)c1. The van der Waals surface area contributed by atoms with Gasteiger partial charge in [0.15, 0.2) is 0 Å². The van der Waals surface area contributed by atoms with E-state index in [4.69, 9.17) is 0 Å². The molecule has 3 N–H and O–H groups in total. The van der Waals surface area contributed by atoms with E-state index < -0.39 is 29.8 Å². The van der Waals surface area contributed by atoms with Gasteiger partial charge >= 0.3 is 12.3 Å². The van der Waals surface area contributed by atoms with Crippen molar-refractivity contribution in [2.75, 3.05) is 23.7 Å². The van der Waals surface area contributed by atoms with E-state index >= 15 is 0 Å². The minimum absolute atomic E-state index is 0.00687. The highest BCUT2D eigenvalue weighted by Crippen LogP contribution is 2.35. The van der Waals surface area contributed by atoms with Crippen LogP contribution < -0.4 is 16.2 Å². The maximum absolute atomic E-state index is 13.5. The van der Waals surface area contributed by atoms with Crippen LogP contribution in [0.15, 0.2) is 35.4 Å². The fourth-order valence-corrected chi connectivity index (χ4v) is 4.52. The molecule has 4 rings (SSSR count). The summed E-state index contributed by atoms with van der Waals surface area (Å²) < 4.78 is 41.9. The molecule has 1 saturated heterocycles. The first kappa shape index (κ1) is 25.9. The zero-order valence-electron chi connectivity index (χ0n) is 20.3. The van der Waals surface area contributed by atoms with Gasteiger partial charge in [-0.05, 0) is 43.2 Å². The van der Waals surface area contributed by atoms with E-state index in [1.807, 2.05) is 0 Å². The third kappa shape index (κ3) is 5.34. The molecule has 196 valence electrons. The van der Waals surface area contributed by atoms with Crippen molar-refractivity contribution in [3.8, 4) is 0 Å². The Morgan fingerprint density at radius 1 is 1.19 bits per heavy atom. The molecule has 1 aliphatic rings. The largest absolute Gasteiger partial charge is 0.465 e. The van der Waals surface area contributed by atoms with Gasteiger partial charge in [-0.15, -0.1) is 0 Å². The highest BCUT2D eigenvalue weighted by atomic mass is 19.4. The average Bonchev–Trinajstić information content (AvgIpc) is 3.31. The lowest BCUT2D eigenvalue weighted by atomic mass is 9.98. The van der Waals surface area contributed by atoms with E-state index in [0.717, 1.165) is 12.1 Å². The molecule has 1 aliphatic heterocycles. The lowest BCUT2D eigenvalue weighted by Gasteiger charge is -2.20. The number of hydrogen-bond acceptors (Lipinski definition) is 6. The Morgan fingerprint density at radius 3 is 2.54 bits per heavy atom. The summed E-state index contributed by atoms with van der Waals surface area (Å²) in [7, 11) is 1.55. The Kier molecular flexibility index (Phi) is 6.80. The minimum atomic E-state index is -4.62. The summed E-state index contributed by atoms with van der Waals surface area (Å²) in [4.78, 5) is 45.5. The Labute approximate surface area is 209 Å². The number of carbonyl (C=O) groups excluding carboxylic acids is 1. The highest BCUT2D eigenvalue weighted by Gasteiger charge is 2.32. The van der Waals surface area contributed by atoms with Crippen molar-refractivity contribution in [1.82, 2.24) is 19.4 Å². The molecule has 2 aromatic heterocycles. The molecule has 0 radical (unpaired) electrons. The number of benzene rings is 1. The van der Waals surface area contributed by atoms with Crippen LogP contribution in [0.2, 0.25) is 0 Å². The summed E-state index contributed by atoms with van der Waals surface area (Å²) in [6.45, 7) is 3.34. The number of alkyl halides is 3. The van der Waals surface area contributed by atoms with E-state index in [2.05, 4.69) is 20.6 Å². The van der Waals surface area contributed by atoms with Crippen molar-refractivity contribution < 1.29 is 27.9 Å². The van der Waals surface area contributed by atoms with Crippen LogP contribution in [0.4, 0.5) is 29.5 Å². The number of carboxylic acid groups (broad SMARTS) is 1. The molecule has 0 aliphatic carbocycles. The van der Waals surface area contributed by atoms with Crippen LogP contribution in [-0.4, -0.2) is 49.6 Å². The van der Waals surface area contributed by atoms with Gasteiger partial charge in [0.05, 0.1) is 17.0 Å². The second kappa shape index (κ2) is 9.71. The second-order valence-corrected chi connectivity index (χ2v) is 9.03. The number of fused-ring (bicyclic) bond motifs is 1. The van der Waals surface area contributed by atoms with Crippen LogP contribution in [0.1, 0.15) is 48.9 Å². The van der Waals surface area contributed by atoms with E-state index in [0.29, 0.717) is 35.4 Å². The first-order valence-corrected chi connectivity index (χ1v) is 11.4. The highest BCUT2D eigenvalue weighted by molar-refractivity contribution is 5.89. The van der Waals surface area contributed by atoms with Crippen LogP contribution in [0.3, 0.4) is 0 Å². The molecule has 37 heavy (non-hydrogen) atoms. The molecule has 3 aromatic rings. The van der Waals surface area contributed by atoms with E-state index in [9.17, 15) is 32.7 Å². The van der Waals surface area contributed by atoms with Gasteiger partial charge in [0.25, 0.3) is 5.56 Å². The zero-order chi connectivity index (χ0) is 27.1. The summed E-state index contributed by atoms with van der Waals surface area (Å²) in [6, 6.07) is 4.24. The Morgan fingerprint density at radius 2 is 1.92 bits per heavy atom. The molecule has 0 bridgehead atoms. The van der Waals surface area contributed by atoms with Crippen LogP contribution >= 0.6 is 0 Å². The molecule has 1 fully saturated rings. The van der Waals surface area contributed by atoms with Crippen molar-refractivity contribution in [2.45, 2.75) is 38.4 Å². The number of aryl methyl sites for hydroxylation is 1. The molecule has 10 nitrogen and oxygen atoms in total. The smallest absolute Gasteiger partial charge is 0.416 e. The maximum atomic E-state index is 13.5. The number of nitrogens with one attached hydrogen (secondary N) is 2. The van der Waals surface area contributed by atoms with Crippen LogP contribution in [0.5, 0.6) is 0 Å². The van der Waals surface area contributed by atoms with E-state index in [1.165, 1.54) is 28.8 Å². The standard InChI is InChI=1S/C24H25F3N6O4/c1-12(15-6-16(24(25,26)27)8-17(7-15)31-13(2)34)30-20-19-9-18(14-4-5-33(10-14)23(36)37)22(35)32(3)21(19)29-11-28-20/h6-9,11-12,14H,4-5,10H2,1-3H3,(H,31,34)(H,36,37)(H,28,29,30)/t12-,14?/m1/s1. The van der Waals surface area contributed by atoms with Gasteiger partial charge in [-0.1, -0.05) is 0 Å². The third-order valence-corrected chi connectivity index (χ3v) is 6.39. The van der Waals surface area contributed by atoms with Crippen LogP contribution in [0.25, 0.3) is 11.0 Å². The molecular formula is C24H25F3N6O4. The normalized spacial score (nSPS) is 16.6. The number of carbonyl (C=O) groups is 2. The average molecular weight is 518 g/mol. The predicted molar refractivity (Wildman–Crippen MR) is 130 cm³/mol. The summed E-state index contributed by atoms with van der Waals surface area (Å²) in [5, 5.41) is 15.2. The van der Waals surface area contributed by atoms with Crippen molar-refractivity contribution in [3.05, 3.63) is 57.6 Å². The van der Waals surface area contributed by atoms with Gasteiger partial charge in [-0.3, -0.25) is 14.2 Å². The van der Waals surface area contributed by atoms with Gasteiger partial charge in [-0.25, -0.2) is 14.8 Å². The molecule has 1 unspecified atom stereocenters. The maximum Gasteiger partial charge on any atom is 0.416 e. The lowest BCUT2D eigenvalue weighted by Crippen LogP contribution is -2.28. The minimum Gasteiger partial charge on any atom is -0.465 e. The van der Waals surface area contributed by atoms with Crippen molar-refractivity contribution in [1.29, 1.82) is 0 Å². The second-order valence-electron chi connectivity index (χ2n) is 9.03. The topological polar surface area (TPSA) is 129 Å². The van der Waals surface area contributed by atoms with Gasteiger partial charge in [-0.2, -0.15) is 13.2 Å². The monoisotopic (exact) mass is 518 g/mol. The number of amides is 2. The fraction of sp³-hybridized carbons (Fsp3) is 0.375. The number of rotatable bonds is 5. The van der Waals surface area contributed by atoms with E-state index in [-0.39, 0.29) is 29.3 Å². The van der Waals surface area contributed by atoms with Crippen molar-refractivity contribution in [3.63, 3.8) is 0 Å². The summed E-state index contributed by atoms with van der Waals surface area (Å²) in [5.74, 6) is -0.524. The number of aromatic nitrogens is 3. The molecule has 3 heterocycles. The number of likely N-dealkylation sites (tertiary alicyclic amines) is 1. The molecule has 1 aromatic carbocycles. The fourth-order valence-electron chi connectivity index (χ4n) is 4.52. The Bertz CT molecular complexity index is 1440. The van der Waals surface area contributed by atoms with Crippen molar-refractivity contribution >= 4 is 34.5 Å². The van der Waals surface area contributed by atoms with Gasteiger partial charge in [0.1, 0.15) is 17.8 Å². The molecule has 0 saturated carbocycles. The number of pyridine rings is 1. The first-order chi connectivity index (χ1) is 17.3. The lowest BCUT2D eigenvalue weighted by molar-refractivity contribution is -0.137. The van der Waals surface area contributed by atoms with Crippen molar-refractivity contribution in [2.24, 2.45) is 7.05 Å². The number of anilines is 2. The van der Waals surface area contributed by atoms with Crippen LogP contribution in [0, 0.1) is 0 Å². The zero-order valence-corrected chi connectivity index (χ0v) is 20.3.